The zero-order valence-corrected chi connectivity index (χ0v) is 11.4. The van der Waals surface area contributed by atoms with Gasteiger partial charge in [-0.25, -0.2) is 0 Å². The van der Waals surface area contributed by atoms with Gasteiger partial charge in [0.2, 0.25) is 17.5 Å². The minimum absolute atomic E-state index is 0.261. The lowest BCUT2D eigenvalue weighted by molar-refractivity contribution is 0.414. The molecular formula is C15H15N3O2. The van der Waals surface area contributed by atoms with E-state index in [4.69, 9.17) is 14.4 Å². The molecule has 0 spiro atoms. The maximum absolute atomic E-state index is 8.96. The summed E-state index contributed by atoms with van der Waals surface area (Å²) >= 11 is 0. The third-order valence-electron chi connectivity index (χ3n) is 2.60. The number of rotatable bonds is 5. The maximum atomic E-state index is 8.96. The van der Waals surface area contributed by atoms with Crippen molar-refractivity contribution in [3.05, 3.63) is 41.4 Å². The lowest BCUT2D eigenvalue weighted by Crippen LogP contribution is -1.96. The molecular weight excluding hydrogens is 254 g/mol. The first-order chi connectivity index (χ1) is 9.76. The first-order valence-electron chi connectivity index (χ1n) is 6.23. The summed E-state index contributed by atoms with van der Waals surface area (Å²) < 4.78 is 10.6. The van der Waals surface area contributed by atoms with Gasteiger partial charge in [0, 0.05) is 12.6 Å². The molecule has 0 aliphatic carbocycles. The molecule has 2 rings (SSSR count). The summed E-state index contributed by atoms with van der Waals surface area (Å²) in [6, 6.07) is 9.61. The van der Waals surface area contributed by atoms with Crippen molar-refractivity contribution in [2.24, 2.45) is 0 Å². The molecule has 0 aliphatic rings. The van der Waals surface area contributed by atoms with Gasteiger partial charge >= 0.3 is 0 Å². The molecule has 0 radical (unpaired) electrons. The van der Waals surface area contributed by atoms with Crippen LogP contribution in [0.5, 0.6) is 5.75 Å². The van der Waals surface area contributed by atoms with Gasteiger partial charge < -0.3 is 14.5 Å². The van der Waals surface area contributed by atoms with Crippen LogP contribution in [0.2, 0.25) is 0 Å². The van der Waals surface area contributed by atoms with Crippen molar-refractivity contribution >= 4 is 18.0 Å². The van der Waals surface area contributed by atoms with E-state index in [0.717, 1.165) is 11.3 Å². The van der Waals surface area contributed by atoms with E-state index in [1.807, 2.05) is 43.3 Å². The molecule has 0 fully saturated rings. The Balaban J connectivity index is 2.20. The van der Waals surface area contributed by atoms with Crippen molar-refractivity contribution in [1.82, 2.24) is 4.98 Å². The molecule has 0 aliphatic heterocycles. The summed E-state index contributed by atoms with van der Waals surface area (Å²) in [6.07, 6.45) is 3.57. The molecule has 20 heavy (non-hydrogen) atoms. The van der Waals surface area contributed by atoms with E-state index < -0.39 is 0 Å². The number of ether oxygens (including phenoxy) is 1. The van der Waals surface area contributed by atoms with Crippen LogP contribution in [0.15, 0.2) is 28.7 Å². The molecule has 0 saturated heterocycles. The first-order valence-corrected chi connectivity index (χ1v) is 6.23. The second-order valence-corrected chi connectivity index (χ2v) is 3.98. The number of nitrogens with zero attached hydrogens (tertiary/aromatic N) is 2. The van der Waals surface area contributed by atoms with Crippen molar-refractivity contribution in [1.29, 1.82) is 5.26 Å². The topological polar surface area (TPSA) is 71.1 Å². The number of nitrogens with one attached hydrogen (secondary N) is 1. The minimum atomic E-state index is 0.261. The van der Waals surface area contributed by atoms with Crippen LogP contribution in [-0.2, 0) is 0 Å². The highest BCUT2D eigenvalue weighted by atomic mass is 16.5. The number of anilines is 1. The molecule has 0 unspecified atom stereocenters. The van der Waals surface area contributed by atoms with E-state index >= 15 is 0 Å². The summed E-state index contributed by atoms with van der Waals surface area (Å²) in [4.78, 5) is 4.10. The molecule has 0 bridgehead atoms. The summed E-state index contributed by atoms with van der Waals surface area (Å²) in [6.45, 7) is 2.60. The molecule has 5 nitrogen and oxygen atoms in total. The molecule has 5 heteroatoms. The Hall–Kier alpha value is -2.74. The van der Waals surface area contributed by atoms with Crippen molar-refractivity contribution < 1.29 is 9.15 Å². The number of hydrogen-bond acceptors (Lipinski definition) is 5. The van der Waals surface area contributed by atoms with Crippen molar-refractivity contribution in [3.8, 4) is 11.8 Å². The third kappa shape index (κ3) is 3.18. The SMILES string of the molecule is CCNc1oc(/C=C/c2cccc(OC)c2)nc1C#N. The summed E-state index contributed by atoms with van der Waals surface area (Å²) in [7, 11) is 1.62. The van der Waals surface area contributed by atoms with Crippen LogP contribution in [0.1, 0.15) is 24.1 Å². The van der Waals surface area contributed by atoms with E-state index in [1.165, 1.54) is 0 Å². The van der Waals surface area contributed by atoms with Crippen LogP contribution >= 0.6 is 0 Å². The predicted octanol–water partition coefficient (Wildman–Crippen LogP) is 3.16. The number of aromatic nitrogens is 1. The second-order valence-electron chi connectivity index (χ2n) is 3.98. The molecule has 1 N–H and O–H groups in total. The Morgan fingerprint density at radius 2 is 2.30 bits per heavy atom. The fourth-order valence-electron chi connectivity index (χ4n) is 1.68. The Morgan fingerprint density at radius 3 is 3.00 bits per heavy atom. The lowest BCUT2D eigenvalue weighted by atomic mass is 10.2. The highest BCUT2D eigenvalue weighted by Gasteiger charge is 2.09. The van der Waals surface area contributed by atoms with Gasteiger partial charge in [-0.2, -0.15) is 10.2 Å². The first kappa shape index (κ1) is 13.7. The van der Waals surface area contributed by atoms with Gasteiger partial charge in [-0.15, -0.1) is 0 Å². The molecule has 1 aromatic heterocycles. The largest absolute Gasteiger partial charge is 0.497 e. The summed E-state index contributed by atoms with van der Waals surface area (Å²) in [5, 5.41) is 11.9. The number of benzene rings is 1. The average molecular weight is 269 g/mol. The third-order valence-corrected chi connectivity index (χ3v) is 2.60. The van der Waals surface area contributed by atoms with Crippen LogP contribution in [0.4, 0.5) is 5.88 Å². The number of nitriles is 1. The van der Waals surface area contributed by atoms with Crippen LogP contribution in [0.25, 0.3) is 12.2 Å². The Morgan fingerprint density at radius 1 is 1.45 bits per heavy atom. The highest BCUT2D eigenvalue weighted by molar-refractivity contribution is 5.67. The van der Waals surface area contributed by atoms with E-state index in [1.54, 1.807) is 13.2 Å². The molecule has 0 amide bonds. The van der Waals surface area contributed by atoms with E-state index in [9.17, 15) is 0 Å². The number of methoxy groups -OCH3 is 1. The van der Waals surface area contributed by atoms with Gasteiger partial charge in [-0.05, 0) is 30.7 Å². The van der Waals surface area contributed by atoms with Gasteiger partial charge in [0.25, 0.3) is 0 Å². The molecule has 0 atom stereocenters. The zero-order chi connectivity index (χ0) is 14.4. The van der Waals surface area contributed by atoms with Crippen LogP contribution in [0, 0.1) is 11.3 Å². The fraction of sp³-hybridized carbons (Fsp3) is 0.200. The maximum Gasteiger partial charge on any atom is 0.232 e. The van der Waals surface area contributed by atoms with Crippen LogP contribution < -0.4 is 10.1 Å². The van der Waals surface area contributed by atoms with Crippen molar-refractivity contribution in [3.63, 3.8) is 0 Å². The van der Waals surface area contributed by atoms with E-state index in [2.05, 4.69) is 10.3 Å². The van der Waals surface area contributed by atoms with Gasteiger partial charge in [0.1, 0.15) is 11.8 Å². The zero-order valence-electron chi connectivity index (χ0n) is 11.4. The Bertz CT molecular complexity index is 653. The predicted molar refractivity (Wildman–Crippen MR) is 77.3 cm³/mol. The highest BCUT2D eigenvalue weighted by Crippen LogP contribution is 2.19. The lowest BCUT2D eigenvalue weighted by Gasteiger charge is -1.99. The average Bonchev–Trinajstić information content (AvgIpc) is 2.88. The Labute approximate surface area is 117 Å². The normalized spacial score (nSPS) is 10.4. The van der Waals surface area contributed by atoms with Gasteiger partial charge in [-0.1, -0.05) is 12.1 Å². The van der Waals surface area contributed by atoms with Gasteiger partial charge in [0.15, 0.2) is 0 Å². The number of oxazole rings is 1. The molecule has 1 heterocycles. The molecule has 102 valence electrons. The summed E-state index contributed by atoms with van der Waals surface area (Å²) in [5.41, 5.74) is 1.23. The van der Waals surface area contributed by atoms with Gasteiger partial charge in [0.05, 0.1) is 7.11 Å². The quantitative estimate of drug-likeness (QED) is 0.902. The van der Waals surface area contributed by atoms with Crippen molar-refractivity contribution in [2.75, 3.05) is 19.0 Å². The molecule has 1 aromatic carbocycles. The molecule has 2 aromatic rings. The smallest absolute Gasteiger partial charge is 0.232 e. The minimum Gasteiger partial charge on any atom is -0.497 e. The van der Waals surface area contributed by atoms with Crippen molar-refractivity contribution in [2.45, 2.75) is 6.92 Å². The van der Waals surface area contributed by atoms with Crippen LogP contribution in [-0.4, -0.2) is 18.6 Å². The second kappa shape index (κ2) is 6.43. The standard InChI is InChI=1S/C15H15N3O2/c1-3-17-15-13(10-16)18-14(20-15)8-7-11-5-4-6-12(9-11)19-2/h4-9,17H,3H2,1-2H3/b8-7+. The van der Waals surface area contributed by atoms with Crippen LogP contribution in [0.3, 0.4) is 0 Å². The Kier molecular flexibility index (Phi) is 4.40. The van der Waals surface area contributed by atoms with E-state index in [-0.39, 0.29) is 5.69 Å². The van der Waals surface area contributed by atoms with E-state index in [0.29, 0.717) is 18.3 Å². The molecule has 0 saturated carbocycles. The summed E-state index contributed by atoms with van der Waals surface area (Å²) in [5.74, 6) is 1.58. The number of hydrogen-bond donors (Lipinski definition) is 1. The van der Waals surface area contributed by atoms with Gasteiger partial charge in [-0.3, -0.25) is 0 Å². The fourth-order valence-corrected chi connectivity index (χ4v) is 1.68. The monoisotopic (exact) mass is 269 g/mol.